The van der Waals surface area contributed by atoms with Crippen molar-refractivity contribution in [1.82, 2.24) is 0 Å². The maximum atomic E-state index is 8.54. The Morgan fingerprint density at radius 3 is 1.73 bits per heavy atom. The number of amidine groups is 2. The molecule has 0 atom stereocenters. The Balaban J connectivity index is 0.000000452. The zero-order valence-electron chi connectivity index (χ0n) is 26.0. The fraction of sp³-hybridized carbons (Fsp3) is 0.0952. The summed E-state index contributed by atoms with van der Waals surface area (Å²) in [7, 11) is 0. The number of hydrogen-bond donors (Lipinski definition) is 2. The molecule has 0 bridgehead atoms. The number of benzene rings is 6. The van der Waals surface area contributed by atoms with Crippen LogP contribution in [0.25, 0.3) is 33.4 Å². The Labute approximate surface area is 266 Å². The average Bonchev–Trinajstić information content (AvgIpc) is 3.31. The first-order chi connectivity index (χ1) is 21.8. The number of hydrogen-bond acceptors (Lipinski definition) is 1. The van der Waals surface area contributed by atoms with Gasteiger partial charge < -0.3 is 5.73 Å². The van der Waals surface area contributed by atoms with Gasteiger partial charge in [0.2, 0.25) is 0 Å². The number of nitrogens with zero attached hydrogens (tertiary/aromatic N) is 1. The van der Waals surface area contributed by atoms with Crippen molar-refractivity contribution < 1.29 is 0 Å². The van der Waals surface area contributed by atoms with Gasteiger partial charge in [-0.25, -0.2) is 4.99 Å². The van der Waals surface area contributed by atoms with E-state index in [9.17, 15) is 0 Å². The number of aliphatic imine (C=N–C) groups is 1. The van der Waals surface area contributed by atoms with Crippen molar-refractivity contribution in [2.45, 2.75) is 26.2 Å². The minimum absolute atomic E-state index is 0.0314. The van der Waals surface area contributed by atoms with Gasteiger partial charge in [-0.1, -0.05) is 153 Å². The Hall–Kier alpha value is -5.54. The average molecular weight is 584 g/mol. The van der Waals surface area contributed by atoms with Gasteiger partial charge in [0, 0.05) is 16.5 Å². The van der Waals surface area contributed by atoms with Crippen molar-refractivity contribution in [1.29, 1.82) is 5.41 Å². The zero-order chi connectivity index (χ0) is 31.4. The zero-order valence-corrected chi connectivity index (χ0v) is 26.0. The Bertz CT molecular complexity index is 2000. The van der Waals surface area contributed by atoms with Crippen LogP contribution >= 0.6 is 0 Å². The number of rotatable bonds is 4. The molecule has 0 saturated heterocycles. The largest absolute Gasteiger partial charge is 0.383 e. The molecule has 1 aliphatic rings. The molecule has 0 aliphatic heterocycles. The third-order valence-electron chi connectivity index (χ3n) is 8.49. The first-order valence-electron chi connectivity index (χ1n) is 15.3. The summed E-state index contributed by atoms with van der Waals surface area (Å²) in [5.41, 5.74) is 18.9. The van der Waals surface area contributed by atoms with Crippen LogP contribution in [0.3, 0.4) is 0 Å². The number of aryl methyl sites for hydroxylation is 1. The van der Waals surface area contributed by atoms with E-state index in [0.717, 1.165) is 22.3 Å². The third kappa shape index (κ3) is 6.25. The topological polar surface area (TPSA) is 62.2 Å². The van der Waals surface area contributed by atoms with Gasteiger partial charge in [-0.15, -0.1) is 0 Å². The highest BCUT2D eigenvalue weighted by molar-refractivity contribution is 6.10. The lowest BCUT2D eigenvalue weighted by molar-refractivity contribution is 0.660. The molecule has 0 aromatic heterocycles. The van der Waals surface area contributed by atoms with Gasteiger partial charge in [-0.2, -0.15) is 0 Å². The second-order valence-electron chi connectivity index (χ2n) is 12.0. The van der Waals surface area contributed by atoms with E-state index in [1.54, 1.807) is 0 Å². The van der Waals surface area contributed by atoms with E-state index < -0.39 is 0 Å². The first kappa shape index (κ1) is 29.5. The van der Waals surface area contributed by atoms with Crippen LogP contribution in [-0.2, 0) is 5.41 Å². The predicted octanol–water partition coefficient (Wildman–Crippen LogP) is 10.1. The van der Waals surface area contributed by atoms with Crippen LogP contribution in [-0.4, -0.2) is 11.7 Å². The minimum Gasteiger partial charge on any atom is -0.383 e. The molecule has 3 N–H and O–H groups in total. The summed E-state index contributed by atoms with van der Waals surface area (Å²) in [6.07, 6.45) is 0. The van der Waals surface area contributed by atoms with Gasteiger partial charge in [-0.05, 0) is 69.6 Å². The summed E-state index contributed by atoms with van der Waals surface area (Å²) in [6.45, 7) is 6.71. The molecular formula is C42H37N3. The highest BCUT2D eigenvalue weighted by Gasteiger charge is 2.35. The smallest absolute Gasteiger partial charge is 0.154 e. The lowest BCUT2D eigenvalue weighted by atomic mass is 9.81. The van der Waals surface area contributed by atoms with Crippen molar-refractivity contribution >= 4 is 11.7 Å². The standard InChI is InChI=1S/C35H29N3.C7H8/c1-35(2)31-17-7-6-16-29(31)30-19-18-27(22-32(30)35)25-13-8-12-24(20-25)26-14-9-15-28(21-26)34(37)38-33(36)23-10-4-3-5-11-23;1-7-5-3-2-4-6-7/h3-22H,1-2H3,(H3,36,37,38);2-6H,1H3. The summed E-state index contributed by atoms with van der Waals surface area (Å²) in [5, 5.41) is 8.54. The minimum atomic E-state index is -0.0314. The number of nitrogens with one attached hydrogen (secondary N) is 1. The summed E-state index contributed by atoms with van der Waals surface area (Å²) >= 11 is 0. The molecule has 45 heavy (non-hydrogen) atoms. The third-order valence-corrected chi connectivity index (χ3v) is 8.49. The molecule has 6 aromatic carbocycles. The van der Waals surface area contributed by atoms with Crippen molar-refractivity contribution in [2.24, 2.45) is 10.7 Å². The molecule has 0 saturated carbocycles. The van der Waals surface area contributed by atoms with E-state index in [4.69, 9.17) is 11.1 Å². The molecule has 220 valence electrons. The molecule has 1 aliphatic carbocycles. The second-order valence-corrected chi connectivity index (χ2v) is 12.0. The molecule has 0 heterocycles. The molecule has 7 rings (SSSR count). The fourth-order valence-corrected chi connectivity index (χ4v) is 6.00. The molecule has 0 unspecified atom stereocenters. The number of fused-ring (bicyclic) bond motifs is 3. The monoisotopic (exact) mass is 583 g/mol. The quantitative estimate of drug-likeness (QED) is 0.157. The second kappa shape index (κ2) is 12.6. The van der Waals surface area contributed by atoms with E-state index in [1.165, 1.54) is 38.9 Å². The van der Waals surface area contributed by atoms with Gasteiger partial charge in [0.05, 0.1) is 0 Å². The van der Waals surface area contributed by atoms with Crippen LogP contribution in [0.1, 0.15) is 41.7 Å². The van der Waals surface area contributed by atoms with E-state index in [1.807, 2.05) is 66.7 Å². The van der Waals surface area contributed by atoms with Gasteiger partial charge in [0.15, 0.2) is 5.84 Å². The van der Waals surface area contributed by atoms with Gasteiger partial charge in [0.25, 0.3) is 0 Å². The first-order valence-corrected chi connectivity index (χ1v) is 15.3. The Morgan fingerprint density at radius 2 is 1.07 bits per heavy atom. The molecule has 3 heteroatoms. The highest BCUT2D eigenvalue weighted by Crippen LogP contribution is 2.49. The normalized spacial score (nSPS) is 12.8. The van der Waals surface area contributed by atoms with Gasteiger partial charge in [0.1, 0.15) is 5.84 Å². The molecule has 0 fully saturated rings. The van der Waals surface area contributed by atoms with Crippen LogP contribution in [0.2, 0.25) is 0 Å². The molecular weight excluding hydrogens is 546 g/mol. The maximum absolute atomic E-state index is 8.54. The molecule has 0 radical (unpaired) electrons. The van der Waals surface area contributed by atoms with Crippen molar-refractivity contribution in [3.63, 3.8) is 0 Å². The van der Waals surface area contributed by atoms with Crippen LogP contribution in [0.15, 0.2) is 157 Å². The maximum Gasteiger partial charge on any atom is 0.154 e. The lowest BCUT2D eigenvalue weighted by Gasteiger charge is -2.22. The predicted molar refractivity (Wildman–Crippen MR) is 190 cm³/mol. The molecule has 3 nitrogen and oxygen atoms in total. The molecule has 6 aromatic rings. The van der Waals surface area contributed by atoms with Crippen LogP contribution in [0, 0.1) is 12.3 Å². The van der Waals surface area contributed by atoms with Gasteiger partial charge >= 0.3 is 0 Å². The Kier molecular flexibility index (Phi) is 8.26. The van der Waals surface area contributed by atoms with E-state index >= 15 is 0 Å². The van der Waals surface area contributed by atoms with E-state index in [2.05, 4.69) is 111 Å². The lowest BCUT2D eigenvalue weighted by Crippen LogP contribution is -2.15. The van der Waals surface area contributed by atoms with Crippen molar-refractivity contribution in [2.75, 3.05) is 0 Å². The van der Waals surface area contributed by atoms with Crippen LogP contribution in [0.4, 0.5) is 0 Å². The SMILES string of the molecule is CC1(C)c2ccccc2-c2ccc(-c3cccc(-c4cccc(C(=N)N=C(N)c5ccccc5)c4)c3)cc21.Cc1ccccc1. The summed E-state index contributed by atoms with van der Waals surface area (Å²) in [5.74, 6) is 0.481. The van der Waals surface area contributed by atoms with Gasteiger partial charge in [-0.3, -0.25) is 5.41 Å². The summed E-state index contributed by atoms with van der Waals surface area (Å²) in [6, 6.07) is 51.9. The summed E-state index contributed by atoms with van der Waals surface area (Å²) in [4.78, 5) is 4.36. The summed E-state index contributed by atoms with van der Waals surface area (Å²) < 4.78 is 0. The van der Waals surface area contributed by atoms with Crippen LogP contribution < -0.4 is 5.73 Å². The van der Waals surface area contributed by atoms with Crippen molar-refractivity contribution in [3.05, 3.63) is 179 Å². The Morgan fingerprint density at radius 1 is 0.533 bits per heavy atom. The fourth-order valence-electron chi connectivity index (χ4n) is 6.00. The van der Waals surface area contributed by atoms with Crippen LogP contribution in [0.5, 0.6) is 0 Å². The molecule has 0 amide bonds. The van der Waals surface area contributed by atoms with E-state index in [-0.39, 0.29) is 11.3 Å². The van der Waals surface area contributed by atoms with E-state index in [0.29, 0.717) is 5.84 Å². The number of nitrogens with two attached hydrogens (primary N) is 1. The molecule has 0 spiro atoms. The van der Waals surface area contributed by atoms with Crippen molar-refractivity contribution in [3.8, 4) is 33.4 Å². The highest BCUT2D eigenvalue weighted by atomic mass is 14.9.